The number of carbonyl (C=O) groups is 1. The normalized spacial score (nSPS) is 15.1. The van der Waals surface area contributed by atoms with Crippen LogP contribution in [-0.4, -0.2) is 69.2 Å². The Labute approximate surface area is 188 Å². The van der Waals surface area contributed by atoms with Crippen LogP contribution in [0.3, 0.4) is 0 Å². The average Bonchev–Trinajstić information content (AvgIpc) is 3.27. The van der Waals surface area contributed by atoms with Crippen molar-refractivity contribution in [1.82, 2.24) is 30.0 Å². The third kappa shape index (κ3) is 4.80. The molecule has 32 heavy (non-hydrogen) atoms. The molecule has 0 bridgehead atoms. The maximum absolute atomic E-state index is 12.9. The van der Waals surface area contributed by atoms with Gasteiger partial charge in [-0.2, -0.15) is 4.68 Å². The van der Waals surface area contributed by atoms with E-state index in [4.69, 9.17) is 4.74 Å². The second-order valence-corrected chi connectivity index (χ2v) is 9.10. The molecule has 2 heterocycles. The van der Waals surface area contributed by atoms with Crippen molar-refractivity contribution in [3.8, 4) is 11.4 Å². The van der Waals surface area contributed by atoms with Crippen LogP contribution in [-0.2, 0) is 12.0 Å². The summed E-state index contributed by atoms with van der Waals surface area (Å²) in [6, 6.07) is 15.6. The number of benzene rings is 2. The van der Waals surface area contributed by atoms with Crippen molar-refractivity contribution in [1.29, 1.82) is 0 Å². The van der Waals surface area contributed by atoms with Crippen molar-refractivity contribution < 1.29 is 9.53 Å². The molecule has 0 saturated carbocycles. The first-order chi connectivity index (χ1) is 15.3. The van der Waals surface area contributed by atoms with E-state index in [0.717, 1.165) is 35.9 Å². The smallest absolute Gasteiger partial charge is 0.253 e. The van der Waals surface area contributed by atoms with E-state index in [0.29, 0.717) is 19.6 Å². The number of ether oxygens (including phenoxy) is 1. The van der Waals surface area contributed by atoms with E-state index in [1.807, 2.05) is 41.3 Å². The second-order valence-electron chi connectivity index (χ2n) is 9.10. The molecule has 0 unspecified atom stereocenters. The highest BCUT2D eigenvalue weighted by molar-refractivity contribution is 5.94. The molecule has 8 nitrogen and oxygen atoms in total. The minimum atomic E-state index is 0.0778. The molecule has 4 rings (SSSR count). The van der Waals surface area contributed by atoms with Gasteiger partial charge in [0.1, 0.15) is 5.75 Å². The first kappa shape index (κ1) is 22.0. The van der Waals surface area contributed by atoms with E-state index in [-0.39, 0.29) is 11.3 Å². The van der Waals surface area contributed by atoms with Gasteiger partial charge in [-0.3, -0.25) is 9.69 Å². The molecule has 1 fully saturated rings. The number of aromatic nitrogens is 4. The van der Waals surface area contributed by atoms with Crippen LogP contribution >= 0.6 is 0 Å². The molecule has 3 aromatic rings. The number of nitrogens with zero attached hydrogens (tertiary/aromatic N) is 6. The number of carbonyl (C=O) groups excluding carboxylic acids is 1. The third-order valence-electron chi connectivity index (χ3n) is 5.87. The Bertz CT molecular complexity index is 1050. The molecule has 1 aliphatic heterocycles. The summed E-state index contributed by atoms with van der Waals surface area (Å²) in [4.78, 5) is 17.1. The van der Waals surface area contributed by atoms with E-state index in [2.05, 4.69) is 53.3 Å². The fourth-order valence-corrected chi connectivity index (χ4v) is 3.83. The molecule has 1 amide bonds. The molecule has 1 saturated heterocycles. The van der Waals surface area contributed by atoms with E-state index in [9.17, 15) is 4.79 Å². The number of hydrogen-bond acceptors (Lipinski definition) is 6. The van der Waals surface area contributed by atoms with Crippen molar-refractivity contribution in [3.05, 3.63) is 65.5 Å². The number of tetrazole rings is 1. The summed E-state index contributed by atoms with van der Waals surface area (Å²) in [5.74, 6) is 1.65. The van der Waals surface area contributed by atoms with Gasteiger partial charge in [-0.15, -0.1) is 5.10 Å². The Hall–Kier alpha value is -3.26. The molecule has 0 atom stereocenters. The van der Waals surface area contributed by atoms with Crippen LogP contribution in [0.15, 0.2) is 48.5 Å². The highest BCUT2D eigenvalue weighted by Gasteiger charge is 2.24. The average molecular weight is 435 g/mol. The monoisotopic (exact) mass is 434 g/mol. The Balaban J connectivity index is 1.35. The van der Waals surface area contributed by atoms with Gasteiger partial charge in [0.2, 0.25) is 0 Å². The van der Waals surface area contributed by atoms with Gasteiger partial charge in [0.05, 0.1) is 19.3 Å². The summed E-state index contributed by atoms with van der Waals surface area (Å²) >= 11 is 0. The highest BCUT2D eigenvalue weighted by Crippen LogP contribution is 2.23. The Morgan fingerprint density at radius 3 is 2.22 bits per heavy atom. The maximum Gasteiger partial charge on any atom is 0.253 e. The Morgan fingerprint density at radius 2 is 1.62 bits per heavy atom. The number of hydrogen-bond donors (Lipinski definition) is 0. The summed E-state index contributed by atoms with van der Waals surface area (Å²) in [5.41, 5.74) is 2.94. The number of methoxy groups -OCH3 is 1. The van der Waals surface area contributed by atoms with Crippen molar-refractivity contribution in [2.24, 2.45) is 0 Å². The minimum Gasteiger partial charge on any atom is -0.497 e. The standard InChI is InChI=1S/C24H30N6O2/c1-24(2,3)19-7-5-18(6-8-19)23(31)29-15-13-28(14-16-29)17-22-25-26-27-30(22)20-9-11-21(32-4)12-10-20/h5-12H,13-17H2,1-4H3. The minimum absolute atomic E-state index is 0.0778. The molecular formula is C24H30N6O2. The van der Waals surface area contributed by atoms with Crippen LogP contribution in [0.4, 0.5) is 0 Å². The van der Waals surface area contributed by atoms with Crippen LogP contribution in [0.25, 0.3) is 5.69 Å². The van der Waals surface area contributed by atoms with Crippen LogP contribution in [0.1, 0.15) is 42.5 Å². The Morgan fingerprint density at radius 1 is 0.969 bits per heavy atom. The van der Waals surface area contributed by atoms with Crippen LogP contribution < -0.4 is 4.74 Å². The number of amides is 1. The summed E-state index contributed by atoms with van der Waals surface area (Å²) in [6.45, 7) is 10.1. The third-order valence-corrected chi connectivity index (χ3v) is 5.87. The zero-order valence-electron chi connectivity index (χ0n) is 19.2. The molecule has 0 aliphatic carbocycles. The molecule has 1 aromatic heterocycles. The fraction of sp³-hybridized carbons (Fsp3) is 0.417. The van der Waals surface area contributed by atoms with Crippen molar-refractivity contribution in [2.75, 3.05) is 33.3 Å². The molecule has 0 N–H and O–H groups in total. The SMILES string of the molecule is COc1ccc(-n2nnnc2CN2CCN(C(=O)c3ccc(C(C)(C)C)cc3)CC2)cc1. The van der Waals surface area contributed by atoms with Crippen LogP contribution in [0, 0.1) is 0 Å². The van der Waals surface area contributed by atoms with Crippen LogP contribution in [0.5, 0.6) is 5.75 Å². The quantitative estimate of drug-likeness (QED) is 0.615. The summed E-state index contributed by atoms with van der Waals surface area (Å²) in [5, 5.41) is 12.2. The van der Waals surface area contributed by atoms with Gasteiger partial charge in [-0.1, -0.05) is 32.9 Å². The zero-order chi connectivity index (χ0) is 22.7. The van der Waals surface area contributed by atoms with Gasteiger partial charge >= 0.3 is 0 Å². The maximum atomic E-state index is 12.9. The Kier molecular flexibility index (Phi) is 6.23. The largest absolute Gasteiger partial charge is 0.497 e. The lowest BCUT2D eigenvalue weighted by molar-refractivity contribution is 0.0624. The van der Waals surface area contributed by atoms with E-state index in [1.165, 1.54) is 5.56 Å². The lowest BCUT2D eigenvalue weighted by Gasteiger charge is -2.34. The van der Waals surface area contributed by atoms with E-state index < -0.39 is 0 Å². The molecule has 2 aromatic carbocycles. The zero-order valence-corrected chi connectivity index (χ0v) is 19.2. The number of rotatable bonds is 5. The van der Waals surface area contributed by atoms with Gasteiger partial charge in [-0.05, 0) is 57.8 Å². The molecular weight excluding hydrogens is 404 g/mol. The summed E-state index contributed by atoms with van der Waals surface area (Å²) in [7, 11) is 1.64. The van der Waals surface area contributed by atoms with Gasteiger partial charge in [0, 0.05) is 31.7 Å². The fourth-order valence-electron chi connectivity index (χ4n) is 3.83. The second kappa shape index (κ2) is 9.08. The predicted octanol–water partition coefficient (Wildman–Crippen LogP) is 2.93. The molecule has 8 heteroatoms. The van der Waals surface area contributed by atoms with Crippen molar-refractivity contribution in [2.45, 2.75) is 32.7 Å². The first-order valence-corrected chi connectivity index (χ1v) is 10.9. The van der Waals surface area contributed by atoms with Gasteiger partial charge in [0.15, 0.2) is 5.82 Å². The summed E-state index contributed by atoms with van der Waals surface area (Å²) < 4.78 is 6.96. The predicted molar refractivity (Wildman–Crippen MR) is 122 cm³/mol. The molecule has 0 radical (unpaired) electrons. The van der Waals surface area contributed by atoms with Crippen molar-refractivity contribution in [3.63, 3.8) is 0 Å². The van der Waals surface area contributed by atoms with Gasteiger partial charge in [0.25, 0.3) is 5.91 Å². The number of piperazine rings is 1. The van der Waals surface area contributed by atoms with Crippen LogP contribution in [0.2, 0.25) is 0 Å². The molecule has 168 valence electrons. The van der Waals surface area contributed by atoms with Gasteiger partial charge < -0.3 is 9.64 Å². The molecule has 0 spiro atoms. The topological polar surface area (TPSA) is 76.4 Å². The van der Waals surface area contributed by atoms with E-state index in [1.54, 1.807) is 11.8 Å². The summed E-state index contributed by atoms with van der Waals surface area (Å²) in [6.07, 6.45) is 0. The lowest BCUT2D eigenvalue weighted by Crippen LogP contribution is -2.48. The first-order valence-electron chi connectivity index (χ1n) is 10.9. The molecule has 1 aliphatic rings. The van der Waals surface area contributed by atoms with E-state index >= 15 is 0 Å². The lowest BCUT2D eigenvalue weighted by atomic mass is 9.86. The van der Waals surface area contributed by atoms with Gasteiger partial charge in [-0.25, -0.2) is 0 Å². The highest BCUT2D eigenvalue weighted by atomic mass is 16.5. The van der Waals surface area contributed by atoms with Crippen molar-refractivity contribution >= 4 is 5.91 Å².